The van der Waals surface area contributed by atoms with Gasteiger partial charge in [-0.2, -0.15) is 10.1 Å². The van der Waals surface area contributed by atoms with Crippen LogP contribution in [-0.2, 0) is 4.79 Å². The summed E-state index contributed by atoms with van der Waals surface area (Å²) in [4.78, 5) is 23.6. The molecule has 31 heavy (non-hydrogen) atoms. The molecule has 9 nitrogen and oxygen atoms in total. The molecule has 0 aromatic carbocycles. The van der Waals surface area contributed by atoms with E-state index in [1.807, 2.05) is 17.8 Å². The quantitative estimate of drug-likeness (QED) is 0.662. The van der Waals surface area contributed by atoms with Crippen LogP contribution in [0.25, 0.3) is 4.85 Å². The zero-order valence-corrected chi connectivity index (χ0v) is 18.0. The van der Waals surface area contributed by atoms with Crippen LogP contribution in [0.15, 0.2) is 18.5 Å². The lowest BCUT2D eigenvalue weighted by atomic mass is 9.86. The molecule has 0 saturated heterocycles. The Morgan fingerprint density at radius 2 is 2.10 bits per heavy atom. The van der Waals surface area contributed by atoms with Gasteiger partial charge < -0.3 is 20.2 Å². The molecule has 2 aromatic rings. The Morgan fingerprint density at radius 1 is 1.32 bits per heavy atom. The molecule has 2 N–H and O–H groups in total. The van der Waals surface area contributed by atoms with Crippen molar-refractivity contribution in [2.75, 3.05) is 11.9 Å². The van der Waals surface area contributed by atoms with Crippen molar-refractivity contribution in [2.45, 2.75) is 70.5 Å². The summed E-state index contributed by atoms with van der Waals surface area (Å²) in [5, 5.41) is 10.8. The third-order valence-corrected chi connectivity index (χ3v) is 6.16. The zero-order valence-electron chi connectivity index (χ0n) is 18.0. The second-order valence-electron chi connectivity index (χ2n) is 8.59. The van der Waals surface area contributed by atoms with E-state index in [0.29, 0.717) is 36.4 Å². The van der Waals surface area contributed by atoms with Crippen molar-refractivity contribution >= 4 is 17.5 Å². The molecule has 0 spiro atoms. The minimum absolute atomic E-state index is 0.0433. The predicted molar refractivity (Wildman–Crippen MR) is 116 cm³/mol. The SMILES string of the molecule is [C-]#[N+]C1CC(n2cc(Nc3nccc(OCC4CCC(NC(C)=O)CC4)n3)c(C)n2)C1. The third-order valence-electron chi connectivity index (χ3n) is 6.16. The van der Waals surface area contributed by atoms with Crippen molar-refractivity contribution in [3.8, 4) is 5.88 Å². The summed E-state index contributed by atoms with van der Waals surface area (Å²) in [6.07, 6.45) is 9.42. The molecular formula is C22H29N7O2. The Bertz CT molecular complexity index is 953. The van der Waals surface area contributed by atoms with Crippen molar-refractivity contribution in [2.24, 2.45) is 5.92 Å². The summed E-state index contributed by atoms with van der Waals surface area (Å²) in [5.74, 6) is 1.54. The van der Waals surface area contributed by atoms with Gasteiger partial charge in [-0.3, -0.25) is 9.48 Å². The molecule has 9 heteroatoms. The molecule has 2 aromatic heterocycles. The Balaban J connectivity index is 1.29. The van der Waals surface area contributed by atoms with E-state index in [1.54, 1.807) is 19.2 Å². The van der Waals surface area contributed by atoms with E-state index in [0.717, 1.165) is 49.9 Å². The molecule has 0 bridgehead atoms. The highest BCUT2D eigenvalue weighted by molar-refractivity contribution is 5.73. The van der Waals surface area contributed by atoms with Gasteiger partial charge in [0.15, 0.2) is 0 Å². The Labute approximate surface area is 182 Å². The van der Waals surface area contributed by atoms with Crippen LogP contribution in [0.1, 0.15) is 57.2 Å². The second-order valence-corrected chi connectivity index (χ2v) is 8.59. The maximum Gasteiger partial charge on any atom is 0.230 e. The highest BCUT2D eigenvalue weighted by Crippen LogP contribution is 2.35. The Hall–Kier alpha value is -3.15. The fourth-order valence-electron chi connectivity index (χ4n) is 4.24. The lowest BCUT2D eigenvalue weighted by molar-refractivity contribution is -0.119. The summed E-state index contributed by atoms with van der Waals surface area (Å²) >= 11 is 0. The highest BCUT2D eigenvalue weighted by Gasteiger charge is 2.36. The van der Waals surface area contributed by atoms with Crippen molar-refractivity contribution < 1.29 is 9.53 Å². The van der Waals surface area contributed by atoms with Crippen LogP contribution in [0.4, 0.5) is 11.6 Å². The summed E-state index contributed by atoms with van der Waals surface area (Å²) in [7, 11) is 0. The van der Waals surface area contributed by atoms with Gasteiger partial charge in [0.2, 0.25) is 23.8 Å². The van der Waals surface area contributed by atoms with Gasteiger partial charge in [-0.1, -0.05) is 0 Å². The van der Waals surface area contributed by atoms with Gasteiger partial charge in [0.05, 0.1) is 24.0 Å². The van der Waals surface area contributed by atoms with Crippen molar-refractivity contribution in [3.05, 3.63) is 35.6 Å². The standard InChI is InChI=1S/C22H29N7O2/c1-14-20(12-29(28-14)19-10-18(11-19)23-3)26-22-24-9-8-21(27-22)31-13-16-4-6-17(7-5-16)25-15(2)30/h8-9,12,16-19H,4-7,10-11,13H2,1-2H3,(H,25,30)(H,24,26,27). The van der Waals surface area contributed by atoms with Gasteiger partial charge >= 0.3 is 0 Å². The van der Waals surface area contributed by atoms with E-state index in [9.17, 15) is 4.79 Å². The van der Waals surface area contributed by atoms with Gasteiger partial charge in [-0.25, -0.2) is 11.6 Å². The van der Waals surface area contributed by atoms with Crippen LogP contribution in [-0.4, -0.2) is 44.3 Å². The molecule has 164 valence electrons. The topological polar surface area (TPSA) is 98.3 Å². The van der Waals surface area contributed by atoms with E-state index < -0.39 is 0 Å². The third kappa shape index (κ3) is 5.32. The first-order valence-corrected chi connectivity index (χ1v) is 10.9. The van der Waals surface area contributed by atoms with E-state index in [2.05, 4.69) is 30.5 Å². The van der Waals surface area contributed by atoms with Crippen LogP contribution < -0.4 is 15.4 Å². The Kier molecular flexibility index (Phi) is 6.35. The predicted octanol–water partition coefficient (Wildman–Crippen LogP) is 3.42. The summed E-state index contributed by atoms with van der Waals surface area (Å²) in [6, 6.07) is 2.48. The number of rotatable bonds is 7. The fraction of sp³-hybridized carbons (Fsp3) is 0.591. The number of nitrogens with one attached hydrogen (secondary N) is 2. The summed E-state index contributed by atoms with van der Waals surface area (Å²) in [6.45, 7) is 11.2. The van der Waals surface area contributed by atoms with Crippen LogP contribution >= 0.6 is 0 Å². The van der Waals surface area contributed by atoms with Gasteiger partial charge in [0.25, 0.3) is 0 Å². The average molecular weight is 424 g/mol. The number of carbonyl (C=O) groups excluding carboxylic acids is 1. The number of hydrogen-bond acceptors (Lipinski definition) is 6. The largest absolute Gasteiger partial charge is 0.477 e. The first-order chi connectivity index (χ1) is 15.0. The fourth-order valence-corrected chi connectivity index (χ4v) is 4.24. The van der Waals surface area contributed by atoms with E-state index in [1.165, 1.54) is 0 Å². The van der Waals surface area contributed by atoms with Gasteiger partial charge in [0, 0.05) is 44.3 Å². The molecule has 2 fully saturated rings. The van der Waals surface area contributed by atoms with Crippen molar-refractivity contribution in [3.63, 3.8) is 0 Å². The zero-order chi connectivity index (χ0) is 21.8. The minimum atomic E-state index is 0.0433. The summed E-state index contributed by atoms with van der Waals surface area (Å²) < 4.78 is 7.88. The van der Waals surface area contributed by atoms with Gasteiger partial charge in [-0.05, 0) is 38.5 Å². The summed E-state index contributed by atoms with van der Waals surface area (Å²) in [5.41, 5.74) is 1.73. The number of nitrogens with zero attached hydrogens (tertiary/aromatic N) is 5. The lowest BCUT2D eigenvalue weighted by Crippen LogP contribution is -2.37. The number of aromatic nitrogens is 4. The molecule has 2 aliphatic carbocycles. The Morgan fingerprint density at radius 3 is 2.81 bits per heavy atom. The number of aryl methyl sites for hydroxylation is 1. The van der Waals surface area contributed by atoms with Crippen LogP contribution in [0.5, 0.6) is 5.88 Å². The average Bonchev–Trinajstić information content (AvgIpc) is 3.06. The molecule has 0 aliphatic heterocycles. The van der Waals surface area contributed by atoms with Crippen molar-refractivity contribution in [1.82, 2.24) is 25.1 Å². The number of hydrogen-bond donors (Lipinski definition) is 2. The van der Waals surface area contributed by atoms with Crippen LogP contribution in [0, 0.1) is 19.4 Å². The smallest absolute Gasteiger partial charge is 0.230 e. The monoisotopic (exact) mass is 423 g/mol. The minimum Gasteiger partial charge on any atom is -0.477 e. The number of ether oxygens (including phenoxy) is 1. The van der Waals surface area contributed by atoms with Crippen LogP contribution in [0.2, 0.25) is 0 Å². The molecule has 0 atom stereocenters. The lowest BCUT2D eigenvalue weighted by Gasteiger charge is -2.28. The normalized spacial score (nSPS) is 25.2. The number of carbonyl (C=O) groups is 1. The molecule has 2 saturated carbocycles. The number of anilines is 2. The highest BCUT2D eigenvalue weighted by atomic mass is 16.5. The van der Waals surface area contributed by atoms with E-state index in [4.69, 9.17) is 11.3 Å². The van der Waals surface area contributed by atoms with E-state index in [-0.39, 0.29) is 11.9 Å². The first-order valence-electron chi connectivity index (χ1n) is 10.9. The maximum absolute atomic E-state index is 11.2. The molecule has 2 aliphatic rings. The molecule has 0 radical (unpaired) electrons. The molecular weight excluding hydrogens is 394 g/mol. The first kappa shape index (κ1) is 21.1. The molecule has 0 unspecified atom stereocenters. The number of amides is 1. The van der Waals surface area contributed by atoms with Gasteiger partial charge in [-0.15, -0.1) is 0 Å². The maximum atomic E-state index is 11.2. The molecule has 2 heterocycles. The van der Waals surface area contributed by atoms with Gasteiger partial charge in [0.1, 0.15) is 0 Å². The van der Waals surface area contributed by atoms with Crippen LogP contribution in [0.3, 0.4) is 0 Å². The second kappa shape index (κ2) is 9.33. The van der Waals surface area contributed by atoms with E-state index >= 15 is 0 Å². The van der Waals surface area contributed by atoms with Crippen molar-refractivity contribution in [1.29, 1.82) is 0 Å². The molecule has 1 amide bonds. The molecule has 4 rings (SSSR count).